The van der Waals surface area contributed by atoms with Crippen LogP contribution in [0.1, 0.15) is 43.2 Å². The van der Waals surface area contributed by atoms with Crippen molar-refractivity contribution >= 4 is 27.8 Å². The third-order valence-electron chi connectivity index (χ3n) is 12.0. The highest BCUT2D eigenvalue weighted by Crippen LogP contribution is 2.70. The zero-order chi connectivity index (χ0) is 29.5. The smallest absolute Gasteiger partial charge is 0.0543 e. The molecule has 0 N–H and O–H groups in total. The molecule has 45 heavy (non-hydrogen) atoms. The molecule has 5 aliphatic rings. The van der Waals surface area contributed by atoms with Gasteiger partial charge in [-0.15, -0.1) is 0 Å². The predicted octanol–water partition coefficient (Wildman–Crippen LogP) is 11.7. The molecule has 0 unspecified atom stereocenters. The highest BCUT2D eigenvalue weighted by molar-refractivity contribution is 5.99. The Bertz CT molecular complexity index is 2060. The summed E-state index contributed by atoms with van der Waals surface area (Å²) in [4.78, 5) is 2.53. The zero-order valence-electron chi connectivity index (χ0n) is 25.6. The largest absolute Gasteiger partial charge is 0.310 e. The molecular formula is C44H37N. The van der Waals surface area contributed by atoms with Crippen molar-refractivity contribution in [2.24, 2.45) is 23.7 Å². The Morgan fingerprint density at radius 3 is 1.96 bits per heavy atom. The Kier molecular flexibility index (Phi) is 5.53. The van der Waals surface area contributed by atoms with Crippen molar-refractivity contribution in [3.63, 3.8) is 0 Å². The summed E-state index contributed by atoms with van der Waals surface area (Å²) in [7, 11) is 0. The molecule has 1 spiro atoms. The number of hydrogen-bond donors (Lipinski definition) is 0. The Morgan fingerprint density at radius 1 is 0.489 bits per heavy atom. The average Bonchev–Trinajstić information content (AvgIpc) is 3.39. The van der Waals surface area contributed by atoms with Crippen molar-refractivity contribution in [2.75, 3.05) is 4.90 Å². The lowest BCUT2D eigenvalue weighted by Gasteiger charge is -2.61. The van der Waals surface area contributed by atoms with Crippen LogP contribution < -0.4 is 4.90 Å². The van der Waals surface area contributed by atoms with Gasteiger partial charge in [-0.3, -0.25) is 0 Å². The van der Waals surface area contributed by atoms with Crippen molar-refractivity contribution in [1.29, 1.82) is 0 Å². The normalized spacial score (nSPS) is 25.4. The first kappa shape index (κ1) is 25.7. The van der Waals surface area contributed by atoms with Crippen molar-refractivity contribution in [3.8, 4) is 22.3 Å². The van der Waals surface area contributed by atoms with Gasteiger partial charge in [-0.1, -0.05) is 109 Å². The van der Waals surface area contributed by atoms with Gasteiger partial charge in [-0.05, 0) is 125 Å². The highest BCUT2D eigenvalue weighted by Gasteiger charge is 2.61. The summed E-state index contributed by atoms with van der Waals surface area (Å²) in [6.07, 6.45) is 7.09. The molecule has 0 aromatic heterocycles. The van der Waals surface area contributed by atoms with E-state index in [9.17, 15) is 0 Å². The topological polar surface area (TPSA) is 3.24 Å². The van der Waals surface area contributed by atoms with Crippen LogP contribution >= 0.6 is 0 Å². The van der Waals surface area contributed by atoms with Crippen LogP contribution in [-0.4, -0.2) is 0 Å². The maximum atomic E-state index is 2.53. The molecule has 0 aliphatic heterocycles. The summed E-state index contributed by atoms with van der Waals surface area (Å²) >= 11 is 0. The SMILES string of the molecule is c1ccc(N(c2cccc(-c3cccc4ccccc34)c2)c2cccc3c2-c2ccccc2C32C3CC4CC(C3)CC2C4)cc1. The first-order valence-corrected chi connectivity index (χ1v) is 17.0. The van der Waals surface area contributed by atoms with Gasteiger partial charge in [0, 0.05) is 22.4 Å². The Labute approximate surface area is 266 Å². The first-order chi connectivity index (χ1) is 22.3. The average molecular weight is 580 g/mol. The van der Waals surface area contributed by atoms with Crippen LogP contribution in [0.3, 0.4) is 0 Å². The lowest BCUT2D eigenvalue weighted by Crippen LogP contribution is -2.55. The van der Waals surface area contributed by atoms with E-state index in [1.54, 1.807) is 11.1 Å². The van der Waals surface area contributed by atoms with Crippen LogP contribution in [0.15, 0.2) is 140 Å². The molecule has 1 nitrogen and oxygen atoms in total. The maximum absolute atomic E-state index is 2.53. The molecule has 4 fully saturated rings. The molecule has 6 aromatic rings. The molecule has 11 rings (SSSR count). The third kappa shape index (κ3) is 3.61. The van der Waals surface area contributed by atoms with Gasteiger partial charge in [0.05, 0.1) is 5.69 Å². The van der Waals surface area contributed by atoms with E-state index in [2.05, 4.69) is 144 Å². The number of para-hydroxylation sites is 1. The lowest BCUT2D eigenvalue weighted by molar-refractivity contribution is -0.0399. The molecule has 0 radical (unpaired) electrons. The second kappa shape index (κ2) is 9.69. The summed E-state index contributed by atoms with van der Waals surface area (Å²) in [6, 6.07) is 52.3. The van der Waals surface area contributed by atoms with Crippen LogP contribution in [-0.2, 0) is 5.41 Å². The Hall–Kier alpha value is -4.62. The van der Waals surface area contributed by atoms with E-state index in [-0.39, 0.29) is 5.41 Å². The second-order valence-electron chi connectivity index (χ2n) is 14.2. The molecule has 0 amide bonds. The van der Waals surface area contributed by atoms with Gasteiger partial charge in [0.2, 0.25) is 0 Å². The van der Waals surface area contributed by atoms with Gasteiger partial charge in [-0.25, -0.2) is 0 Å². The maximum Gasteiger partial charge on any atom is 0.0543 e. The van der Waals surface area contributed by atoms with Crippen LogP contribution in [0.5, 0.6) is 0 Å². The Morgan fingerprint density at radius 2 is 1.11 bits per heavy atom. The van der Waals surface area contributed by atoms with E-state index in [4.69, 9.17) is 0 Å². The van der Waals surface area contributed by atoms with Crippen molar-refractivity contribution in [3.05, 3.63) is 151 Å². The van der Waals surface area contributed by atoms with E-state index in [1.165, 1.54) is 82.2 Å². The predicted molar refractivity (Wildman–Crippen MR) is 187 cm³/mol. The lowest BCUT2D eigenvalue weighted by atomic mass is 9.43. The van der Waals surface area contributed by atoms with E-state index in [0.29, 0.717) is 0 Å². The Balaban J connectivity index is 1.20. The van der Waals surface area contributed by atoms with E-state index in [0.717, 1.165) is 23.7 Å². The molecule has 5 aliphatic carbocycles. The number of hydrogen-bond acceptors (Lipinski definition) is 1. The molecule has 0 atom stereocenters. The third-order valence-corrected chi connectivity index (χ3v) is 12.0. The van der Waals surface area contributed by atoms with Crippen LogP contribution in [0.25, 0.3) is 33.0 Å². The summed E-state index contributed by atoms with van der Waals surface area (Å²) in [5, 5.41) is 2.57. The van der Waals surface area contributed by atoms with Gasteiger partial charge < -0.3 is 4.90 Å². The second-order valence-corrected chi connectivity index (χ2v) is 14.2. The summed E-state index contributed by atoms with van der Waals surface area (Å²) in [6.45, 7) is 0. The summed E-state index contributed by atoms with van der Waals surface area (Å²) in [5.41, 5.74) is 12.5. The van der Waals surface area contributed by atoms with Crippen LogP contribution in [0.2, 0.25) is 0 Å². The number of anilines is 3. The van der Waals surface area contributed by atoms with E-state index < -0.39 is 0 Å². The van der Waals surface area contributed by atoms with Gasteiger partial charge in [0.15, 0.2) is 0 Å². The molecular weight excluding hydrogens is 542 g/mol. The van der Waals surface area contributed by atoms with Gasteiger partial charge in [0.25, 0.3) is 0 Å². The molecule has 1 heteroatoms. The minimum atomic E-state index is 0.155. The highest BCUT2D eigenvalue weighted by atomic mass is 15.1. The van der Waals surface area contributed by atoms with Crippen molar-refractivity contribution < 1.29 is 0 Å². The van der Waals surface area contributed by atoms with Gasteiger partial charge in [-0.2, -0.15) is 0 Å². The van der Waals surface area contributed by atoms with E-state index >= 15 is 0 Å². The number of rotatable bonds is 4. The van der Waals surface area contributed by atoms with Crippen LogP contribution in [0.4, 0.5) is 17.1 Å². The standard InChI is InChI=1S/C44H37N/c1-2-14-35(15-3-1)45(36-16-8-13-32(28-36)38-19-9-12-31-11-4-5-17-37(31)38)42-22-10-21-41-43(42)39-18-6-7-20-40(39)44(41)33-24-29-23-30(26-33)27-34(44)25-29/h1-22,28-30,33-34H,23-27H2. The van der Waals surface area contributed by atoms with Crippen molar-refractivity contribution in [2.45, 2.75) is 37.5 Å². The molecule has 0 heterocycles. The summed E-state index contributed by atoms with van der Waals surface area (Å²) in [5.74, 6) is 3.39. The fourth-order valence-electron chi connectivity index (χ4n) is 10.7. The quantitative estimate of drug-likeness (QED) is 0.201. The fraction of sp³-hybridized carbons (Fsp3) is 0.227. The molecule has 4 saturated carbocycles. The van der Waals surface area contributed by atoms with Crippen molar-refractivity contribution in [1.82, 2.24) is 0 Å². The molecule has 218 valence electrons. The molecule has 6 aromatic carbocycles. The fourth-order valence-corrected chi connectivity index (χ4v) is 10.7. The number of fused-ring (bicyclic) bond motifs is 4. The minimum Gasteiger partial charge on any atom is -0.310 e. The monoisotopic (exact) mass is 579 g/mol. The van der Waals surface area contributed by atoms with Gasteiger partial charge >= 0.3 is 0 Å². The molecule has 0 saturated heterocycles. The number of nitrogens with zero attached hydrogens (tertiary/aromatic N) is 1. The molecule has 4 bridgehead atoms. The summed E-state index contributed by atoms with van der Waals surface area (Å²) < 4.78 is 0. The van der Waals surface area contributed by atoms with Crippen LogP contribution in [0, 0.1) is 23.7 Å². The zero-order valence-corrected chi connectivity index (χ0v) is 25.6. The van der Waals surface area contributed by atoms with E-state index in [1.807, 2.05) is 0 Å². The van der Waals surface area contributed by atoms with Gasteiger partial charge in [0.1, 0.15) is 0 Å². The first-order valence-electron chi connectivity index (χ1n) is 17.0. The minimum absolute atomic E-state index is 0.155. The number of benzene rings is 6.